The van der Waals surface area contributed by atoms with Crippen molar-refractivity contribution < 1.29 is 144 Å². The van der Waals surface area contributed by atoms with E-state index >= 15 is 0 Å². The number of carbonyl (C=O) groups excluding carboxylic acids is 6. The van der Waals surface area contributed by atoms with Crippen molar-refractivity contribution in [2.75, 3.05) is 92.1 Å². The van der Waals surface area contributed by atoms with E-state index in [1.54, 1.807) is 9.80 Å². The summed E-state index contributed by atoms with van der Waals surface area (Å²) in [5.41, 5.74) is 0. The molecule has 0 aromatic rings. The van der Waals surface area contributed by atoms with E-state index < -0.39 is 60.6 Å². The van der Waals surface area contributed by atoms with Crippen LogP contribution in [0.4, 0.5) is 0 Å². The van der Waals surface area contributed by atoms with E-state index in [4.69, 9.17) is 18.9 Å². The summed E-state index contributed by atoms with van der Waals surface area (Å²) in [6.07, 6.45) is -1.86. The Bertz CT molecular complexity index is 819. The fraction of sp³-hybridized carbons (Fsp3) is 0.750. The van der Waals surface area contributed by atoms with Crippen LogP contribution in [0.2, 0.25) is 0 Å². The van der Waals surface area contributed by atoms with Gasteiger partial charge in [0.25, 0.3) is 0 Å². The number of nitrogens with zero attached hydrogens (tertiary/aromatic N) is 2. The maximum Gasteiger partial charge on any atom is 1.00 e. The maximum atomic E-state index is 12.3. The van der Waals surface area contributed by atoms with Gasteiger partial charge < -0.3 is 69.2 Å². The van der Waals surface area contributed by atoms with Crippen LogP contribution in [-0.4, -0.2) is 150 Å². The van der Waals surface area contributed by atoms with Crippen LogP contribution in [0, 0.1) is 0 Å². The average molecular weight is 632 g/mol. The number of carboxylic acids is 4. The van der Waals surface area contributed by atoms with E-state index in [1.807, 2.05) is 0 Å². The number of hydrogen-bond donors (Lipinski definition) is 2. The molecule has 2 atom stereocenters. The van der Waals surface area contributed by atoms with E-state index in [2.05, 4.69) is 10.6 Å². The summed E-state index contributed by atoms with van der Waals surface area (Å²) >= 11 is 0. The molecule has 1 heterocycles. The fourth-order valence-electron chi connectivity index (χ4n) is 3.56. The largest absolute Gasteiger partial charge is 1.00 e. The van der Waals surface area contributed by atoms with E-state index in [-0.39, 0.29) is 168 Å². The number of rotatable bonds is 12. The summed E-state index contributed by atoms with van der Waals surface area (Å²) in [7, 11) is 0. The van der Waals surface area contributed by atoms with Gasteiger partial charge in [0.1, 0.15) is 0 Å². The topological polar surface area (TPSA) is 262 Å². The Kier molecular flexibility index (Phi) is 35.2. The molecule has 22 heteroatoms. The molecule has 240 valence electrons. The van der Waals surface area contributed by atoms with Gasteiger partial charge in [-0.15, -0.1) is 0 Å². The molecule has 1 saturated heterocycles. The van der Waals surface area contributed by atoms with Gasteiger partial charge in [-0.05, 0) is 0 Å². The summed E-state index contributed by atoms with van der Waals surface area (Å²) in [6.45, 7) is 2.02. The van der Waals surface area contributed by atoms with E-state index in [9.17, 15) is 49.2 Å². The maximum absolute atomic E-state index is 12.3. The number of carboxylic acid groups (broad SMARTS) is 4. The first kappa shape index (κ1) is 51.8. The minimum absolute atomic E-state index is 0. The molecule has 0 spiro atoms. The molecule has 0 aromatic carbocycles. The molecule has 2 unspecified atom stereocenters. The average Bonchev–Trinajstić information content (AvgIpc) is 2.89. The summed E-state index contributed by atoms with van der Waals surface area (Å²) in [4.78, 5) is 71.4. The fourth-order valence-corrected chi connectivity index (χ4v) is 3.56. The first-order chi connectivity index (χ1) is 20.0. The van der Waals surface area contributed by atoms with Crippen LogP contribution >= 0.6 is 0 Å². The minimum Gasteiger partial charge on any atom is -0.550 e. The molecule has 0 aromatic heterocycles. The quantitative estimate of drug-likeness (QED) is 0.189. The Labute approximate surface area is 315 Å². The molecule has 46 heavy (non-hydrogen) atoms. The van der Waals surface area contributed by atoms with Crippen molar-refractivity contribution in [3.8, 4) is 0 Å². The van der Waals surface area contributed by atoms with Crippen molar-refractivity contribution in [3.63, 3.8) is 0 Å². The zero-order valence-corrected chi connectivity index (χ0v) is 27.1. The van der Waals surface area contributed by atoms with E-state index in [0.29, 0.717) is 0 Å². The van der Waals surface area contributed by atoms with Crippen LogP contribution in [0.5, 0.6) is 0 Å². The summed E-state index contributed by atoms with van der Waals surface area (Å²) in [6, 6.07) is -3.47. The van der Waals surface area contributed by atoms with Crippen LogP contribution < -0.4 is 107 Å². The van der Waals surface area contributed by atoms with Crippen molar-refractivity contribution in [1.29, 1.82) is 0 Å². The molecule has 1 aliphatic rings. The van der Waals surface area contributed by atoms with Gasteiger partial charge in [-0.3, -0.25) is 19.4 Å². The molecule has 0 radical (unpaired) electrons. The zero-order valence-electron chi connectivity index (χ0n) is 27.1. The van der Waals surface area contributed by atoms with Crippen molar-refractivity contribution in [1.82, 2.24) is 20.4 Å². The SMILES string of the molecule is O=C([O-])CC(NC(=O)CN1CCOCCOCCN(CC(=O)NC(CC(=O)[O-])C(=O)[O-])CCOCCOCC1)C(=O)[O-].[Li+].[Li+].[Li+].[Li+]. The van der Waals surface area contributed by atoms with Crippen LogP contribution in [0.3, 0.4) is 0 Å². The molecule has 0 saturated carbocycles. The second-order valence-corrected chi connectivity index (χ2v) is 9.03. The van der Waals surface area contributed by atoms with Gasteiger partial charge >= 0.3 is 75.4 Å². The number of ether oxygens (including phenoxy) is 4. The molecular formula is C24H36Li4N4O14. The predicted octanol–water partition coefficient (Wildman–Crippen LogP) is -20.6. The Morgan fingerprint density at radius 3 is 0.978 bits per heavy atom. The van der Waals surface area contributed by atoms with Gasteiger partial charge in [0.05, 0.1) is 90.0 Å². The zero-order chi connectivity index (χ0) is 31.3. The van der Waals surface area contributed by atoms with Crippen LogP contribution in [0.25, 0.3) is 0 Å². The van der Waals surface area contributed by atoms with Gasteiger partial charge in [0, 0.05) is 51.0 Å². The molecule has 2 amide bonds. The van der Waals surface area contributed by atoms with Gasteiger partial charge in [0.15, 0.2) is 0 Å². The van der Waals surface area contributed by atoms with Crippen molar-refractivity contribution in [3.05, 3.63) is 0 Å². The molecule has 1 rings (SSSR count). The Morgan fingerprint density at radius 2 is 0.761 bits per heavy atom. The molecule has 0 aliphatic carbocycles. The Morgan fingerprint density at radius 1 is 0.500 bits per heavy atom. The molecule has 0 bridgehead atoms. The summed E-state index contributed by atoms with van der Waals surface area (Å²) in [5, 5.41) is 47.8. The van der Waals surface area contributed by atoms with Crippen molar-refractivity contribution in [2.45, 2.75) is 24.9 Å². The van der Waals surface area contributed by atoms with E-state index in [1.165, 1.54) is 0 Å². The Balaban J connectivity index is -0.00000220. The smallest absolute Gasteiger partial charge is 0.550 e. The van der Waals surface area contributed by atoms with Gasteiger partial charge in [-0.1, -0.05) is 0 Å². The number of amides is 2. The predicted molar refractivity (Wildman–Crippen MR) is 129 cm³/mol. The molecule has 2 N–H and O–H groups in total. The van der Waals surface area contributed by atoms with Gasteiger partial charge in [-0.25, -0.2) is 0 Å². The van der Waals surface area contributed by atoms with E-state index in [0.717, 1.165) is 0 Å². The second-order valence-electron chi connectivity index (χ2n) is 9.03. The van der Waals surface area contributed by atoms with Crippen LogP contribution in [0.15, 0.2) is 0 Å². The normalized spacial score (nSPS) is 17.2. The van der Waals surface area contributed by atoms with Gasteiger partial charge in [-0.2, -0.15) is 0 Å². The monoisotopic (exact) mass is 632 g/mol. The number of carbonyl (C=O) groups is 6. The van der Waals surface area contributed by atoms with Crippen LogP contribution in [0.1, 0.15) is 12.8 Å². The molecule has 1 fully saturated rings. The number of hydrogen-bond acceptors (Lipinski definition) is 16. The summed E-state index contributed by atoms with van der Waals surface area (Å²) in [5.74, 6) is -8.25. The third kappa shape index (κ3) is 27.0. The first-order valence-electron chi connectivity index (χ1n) is 13.1. The van der Waals surface area contributed by atoms with Crippen molar-refractivity contribution >= 4 is 35.7 Å². The first-order valence-corrected chi connectivity index (χ1v) is 13.1. The van der Waals surface area contributed by atoms with Crippen LogP contribution in [-0.2, 0) is 47.7 Å². The third-order valence-electron chi connectivity index (χ3n) is 5.67. The second kappa shape index (κ2) is 31.3. The minimum atomic E-state index is -1.75. The van der Waals surface area contributed by atoms with Crippen molar-refractivity contribution in [2.24, 2.45) is 0 Å². The third-order valence-corrected chi connectivity index (χ3v) is 5.67. The molecular weight excluding hydrogens is 596 g/mol. The standard InChI is InChI=1S/C24H40N4O14.4Li/c29-19(25-17(23(35)36)13-21(31)32)15-27-1-5-39-9-10-41-7-3-28(4-8-42-12-11-40-6-2-27)16-20(30)26-18(24(37)38)14-22(33)34;;;;/h17-18H,1-16H2,(H,25,29)(H,26,30)(H,31,32)(H,33,34)(H,35,36)(H,37,38);;;;/q;4*+1/p-4. The molecule has 1 aliphatic heterocycles. The number of nitrogens with one attached hydrogen (secondary N) is 2. The number of aliphatic carboxylic acids is 4. The molecule has 18 nitrogen and oxygen atoms in total. The van der Waals surface area contributed by atoms with Gasteiger partial charge in [0.2, 0.25) is 11.8 Å². The summed E-state index contributed by atoms with van der Waals surface area (Å²) < 4.78 is 22.0. The Hall–Kier alpha value is -1.03.